The fourth-order valence-corrected chi connectivity index (χ4v) is 2.27. The van der Waals surface area contributed by atoms with Crippen molar-refractivity contribution in [2.75, 3.05) is 0 Å². The SMILES string of the molecule is O=CCn1cnc2[nH]cc(-c3ccc(Cl)c(F)c3)c2c1=O. The van der Waals surface area contributed by atoms with E-state index in [1.165, 1.54) is 23.0 Å². The van der Waals surface area contributed by atoms with Crippen molar-refractivity contribution in [1.82, 2.24) is 14.5 Å². The number of nitrogens with one attached hydrogen (secondary N) is 1. The summed E-state index contributed by atoms with van der Waals surface area (Å²) in [4.78, 5) is 29.9. The third kappa shape index (κ3) is 2.23. The number of aromatic amines is 1. The molecular weight excluding hydrogens is 297 g/mol. The van der Waals surface area contributed by atoms with Crippen LogP contribution in [-0.4, -0.2) is 20.8 Å². The second-order valence-electron chi connectivity index (χ2n) is 4.42. The van der Waals surface area contributed by atoms with Crippen LogP contribution in [0.5, 0.6) is 0 Å². The van der Waals surface area contributed by atoms with E-state index in [9.17, 15) is 14.0 Å². The number of hydrogen-bond acceptors (Lipinski definition) is 3. The fourth-order valence-electron chi connectivity index (χ4n) is 2.16. The molecule has 106 valence electrons. The minimum atomic E-state index is -0.569. The lowest BCUT2D eigenvalue weighted by Gasteiger charge is -2.03. The molecule has 3 aromatic rings. The molecule has 1 N–H and O–H groups in total. The molecule has 0 saturated carbocycles. The molecule has 0 saturated heterocycles. The van der Waals surface area contributed by atoms with Crippen molar-refractivity contribution in [3.63, 3.8) is 0 Å². The molecule has 0 radical (unpaired) electrons. The third-order valence-corrected chi connectivity index (χ3v) is 3.47. The maximum atomic E-state index is 13.6. The second kappa shape index (κ2) is 5.14. The average Bonchev–Trinajstić information content (AvgIpc) is 2.90. The van der Waals surface area contributed by atoms with E-state index in [0.717, 1.165) is 0 Å². The van der Waals surface area contributed by atoms with Gasteiger partial charge in [-0.3, -0.25) is 9.36 Å². The number of carbonyl (C=O) groups excluding carboxylic acids is 1. The van der Waals surface area contributed by atoms with Gasteiger partial charge < -0.3 is 9.78 Å². The standard InChI is InChI=1S/C14H9ClFN3O2/c15-10-2-1-8(5-11(10)16)9-6-17-13-12(9)14(21)19(3-4-20)7-18-13/h1-2,4-7,17H,3H2. The van der Waals surface area contributed by atoms with Crippen molar-refractivity contribution >= 4 is 28.9 Å². The summed E-state index contributed by atoms with van der Waals surface area (Å²) in [6.07, 6.45) is 3.48. The van der Waals surface area contributed by atoms with Crippen LogP contribution < -0.4 is 5.56 Å². The largest absolute Gasteiger partial charge is 0.345 e. The molecular formula is C14H9ClFN3O2. The normalized spacial score (nSPS) is 11.0. The van der Waals surface area contributed by atoms with E-state index in [-0.39, 0.29) is 17.1 Å². The summed E-state index contributed by atoms with van der Waals surface area (Å²) >= 11 is 5.66. The van der Waals surface area contributed by atoms with Crippen LogP contribution in [0.4, 0.5) is 4.39 Å². The number of carbonyl (C=O) groups is 1. The van der Waals surface area contributed by atoms with Crippen LogP contribution in [0.3, 0.4) is 0 Å². The van der Waals surface area contributed by atoms with Gasteiger partial charge in [0.1, 0.15) is 24.1 Å². The van der Waals surface area contributed by atoms with E-state index >= 15 is 0 Å². The zero-order chi connectivity index (χ0) is 15.0. The lowest BCUT2D eigenvalue weighted by Crippen LogP contribution is -2.21. The summed E-state index contributed by atoms with van der Waals surface area (Å²) in [5.41, 5.74) is 1.04. The molecule has 0 aliphatic carbocycles. The molecule has 0 aliphatic rings. The first-order valence-electron chi connectivity index (χ1n) is 6.07. The number of nitrogens with zero attached hydrogens (tertiary/aromatic N) is 2. The molecule has 0 atom stereocenters. The van der Waals surface area contributed by atoms with Crippen LogP contribution in [0.25, 0.3) is 22.2 Å². The van der Waals surface area contributed by atoms with E-state index in [1.54, 1.807) is 12.3 Å². The van der Waals surface area contributed by atoms with E-state index in [1.807, 2.05) is 0 Å². The van der Waals surface area contributed by atoms with Crippen molar-refractivity contribution in [3.8, 4) is 11.1 Å². The molecule has 0 bridgehead atoms. The van der Waals surface area contributed by atoms with Gasteiger partial charge in [-0.1, -0.05) is 17.7 Å². The van der Waals surface area contributed by atoms with Crippen LogP contribution in [0.15, 0.2) is 35.5 Å². The molecule has 0 fully saturated rings. The smallest absolute Gasteiger partial charge is 0.263 e. The first-order chi connectivity index (χ1) is 10.1. The van der Waals surface area contributed by atoms with Crippen LogP contribution in [-0.2, 0) is 11.3 Å². The summed E-state index contributed by atoms with van der Waals surface area (Å²) in [7, 11) is 0. The van der Waals surface area contributed by atoms with Crippen LogP contribution in [0.1, 0.15) is 0 Å². The Hall–Kier alpha value is -2.47. The number of benzene rings is 1. The highest BCUT2D eigenvalue weighted by atomic mass is 35.5. The van der Waals surface area contributed by atoms with Gasteiger partial charge in [0, 0.05) is 11.8 Å². The zero-order valence-corrected chi connectivity index (χ0v) is 11.4. The fraction of sp³-hybridized carbons (Fsp3) is 0.0714. The third-order valence-electron chi connectivity index (χ3n) is 3.16. The van der Waals surface area contributed by atoms with Gasteiger partial charge >= 0.3 is 0 Å². The number of aldehydes is 1. The van der Waals surface area contributed by atoms with Gasteiger partial charge in [-0.05, 0) is 17.7 Å². The van der Waals surface area contributed by atoms with Crippen LogP contribution in [0, 0.1) is 5.82 Å². The Bertz CT molecular complexity index is 901. The van der Waals surface area contributed by atoms with Crippen LogP contribution >= 0.6 is 11.6 Å². The molecule has 21 heavy (non-hydrogen) atoms. The molecule has 5 nitrogen and oxygen atoms in total. The van der Waals surface area contributed by atoms with Crippen molar-refractivity contribution in [2.45, 2.75) is 6.54 Å². The number of hydrogen-bond donors (Lipinski definition) is 1. The maximum absolute atomic E-state index is 13.6. The topological polar surface area (TPSA) is 67.8 Å². The van der Waals surface area contributed by atoms with Gasteiger partial charge in [-0.15, -0.1) is 0 Å². The Morgan fingerprint density at radius 2 is 2.24 bits per heavy atom. The predicted molar refractivity (Wildman–Crippen MR) is 76.8 cm³/mol. The Balaban J connectivity index is 2.27. The maximum Gasteiger partial charge on any atom is 0.263 e. The molecule has 0 amide bonds. The molecule has 7 heteroatoms. The van der Waals surface area contributed by atoms with E-state index in [2.05, 4.69) is 9.97 Å². The lowest BCUT2D eigenvalue weighted by atomic mass is 10.1. The Labute approximate surface area is 123 Å². The van der Waals surface area contributed by atoms with E-state index in [4.69, 9.17) is 11.6 Å². The summed E-state index contributed by atoms with van der Waals surface area (Å²) in [6, 6.07) is 4.29. The van der Waals surface area contributed by atoms with Crippen LogP contribution in [0.2, 0.25) is 5.02 Å². The molecule has 2 heterocycles. The van der Waals surface area contributed by atoms with Crippen molar-refractivity contribution < 1.29 is 9.18 Å². The number of fused-ring (bicyclic) bond motifs is 1. The summed E-state index contributed by atoms with van der Waals surface area (Å²) < 4.78 is 14.8. The zero-order valence-electron chi connectivity index (χ0n) is 10.6. The number of aromatic nitrogens is 3. The summed E-state index contributed by atoms with van der Waals surface area (Å²) in [5.74, 6) is -0.569. The minimum Gasteiger partial charge on any atom is -0.345 e. The molecule has 0 spiro atoms. The van der Waals surface area contributed by atoms with Crippen molar-refractivity contribution in [2.24, 2.45) is 0 Å². The highest BCUT2D eigenvalue weighted by Gasteiger charge is 2.14. The molecule has 3 rings (SSSR count). The summed E-state index contributed by atoms with van der Waals surface area (Å²) in [5, 5.41) is 0.316. The number of rotatable bonds is 3. The molecule has 0 aliphatic heterocycles. The highest BCUT2D eigenvalue weighted by molar-refractivity contribution is 6.30. The molecule has 1 aromatic carbocycles. The minimum absolute atomic E-state index is 0.00934. The van der Waals surface area contributed by atoms with Gasteiger partial charge in [0.2, 0.25) is 0 Å². The monoisotopic (exact) mass is 305 g/mol. The second-order valence-corrected chi connectivity index (χ2v) is 4.83. The Kier molecular flexibility index (Phi) is 3.31. The van der Waals surface area contributed by atoms with Gasteiger partial charge in [0.05, 0.1) is 17.0 Å². The van der Waals surface area contributed by atoms with Gasteiger partial charge in [0.25, 0.3) is 5.56 Å². The summed E-state index contributed by atoms with van der Waals surface area (Å²) in [6.45, 7) is -0.0820. The van der Waals surface area contributed by atoms with Gasteiger partial charge in [-0.25, -0.2) is 9.37 Å². The van der Waals surface area contributed by atoms with E-state index < -0.39 is 5.82 Å². The van der Waals surface area contributed by atoms with Crippen molar-refractivity contribution in [1.29, 1.82) is 0 Å². The first-order valence-corrected chi connectivity index (χ1v) is 6.45. The predicted octanol–water partition coefficient (Wildman–Crippen LogP) is 2.38. The molecule has 0 unspecified atom stereocenters. The van der Waals surface area contributed by atoms with Gasteiger partial charge in [0.15, 0.2) is 0 Å². The molecule has 2 aromatic heterocycles. The van der Waals surface area contributed by atoms with Gasteiger partial charge in [-0.2, -0.15) is 0 Å². The average molecular weight is 306 g/mol. The lowest BCUT2D eigenvalue weighted by molar-refractivity contribution is -0.108. The van der Waals surface area contributed by atoms with Crippen molar-refractivity contribution in [3.05, 3.63) is 51.9 Å². The Morgan fingerprint density at radius 1 is 1.43 bits per heavy atom. The van der Waals surface area contributed by atoms with E-state index in [0.29, 0.717) is 28.4 Å². The quantitative estimate of drug-likeness (QED) is 0.755. The number of H-pyrrole nitrogens is 1. The number of halogens is 2. The first kappa shape index (κ1) is 13.5. The Morgan fingerprint density at radius 3 is 2.95 bits per heavy atom. The highest BCUT2D eigenvalue weighted by Crippen LogP contribution is 2.28.